The van der Waals surface area contributed by atoms with Crippen LogP contribution < -0.4 is 5.32 Å². The van der Waals surface area contributed by atoms with E-state index in [9.17, 15) is 14.7 Å². The molecule has 0 aromatic heterocycles. The number of nitrogens with zero attached hydrogens (tertiary/aromatic N) is 1. The monoisotopic (exact) mass is 256 g/mol. The Bertz CT molecular complexity index is 346. The van der Waals surface area contributed by atoms with E-state index < -0.39 is 16.9 Å². The van der Waals surface area contributed by atoms with E-state index in [1.165, 1.54) is 12.8 Å². The number of carboxylic acid groups (broad SMARTS) is 1. The van der Waals surface area contributed by atoms with Gasteiger partial charge in [-0.15, -0.1) is 0 Å². The summed E-state index contributed by atoms with van der Waals surface area (Å²) in [6.07, 6.45) is 2.36. The summed E-state index contributed by atoms with van der Waals surface area (Å²) in [7, 11) is 1.75. The van der Waals surface area contributed by atoms with E-state index in [4.69, 9.17) is 0 Å². The molecular weight excluding hydrogens is 232 g/mol. The van der Waals surface area contributed by atoms with Crippen LogP contribution in [-0.4, -0.2) is 41.1 Å². The number of hydrogen-bond acceptors (Lipinski definition) is 2. The van der Waals surface area contributed by atoms with Crippen LogP contribution in [-0.2, 0) is 4.79 Å². The molecule has 2 amide bonds. The van der Waals surface area contributed by atoms with Crippen LogP contribution in [0.3, 0.4) is 0 Å². The summed E-state index contributed by atoms with van der Waals surface area (Å²) >= 11 is 0. The number of nitrogens with one attached hydrogen (secondary N) is 1. The SMILES string of the molecule is CN(CC1CC1)C(=O)NC(C)(C)C(C)(C)C(=O)O. The Hall–Kier alpha value is -1.26. The molecule has 104 valence electrons. The van der Waals surface area contributed by atoms with E-state index in [2.05, 4.69) is 5.32 Å². The summed E-state index contributed by atoms with van der Waals surface area (Å²) in [5.74, 6) is -0.297. The maximum Gasteiger partial charge on any atom is 0.317 e. The minimum atomic E-state index is -1.02. The largest absolute Gasteiger partial charge is 0.481 e. The highest BCUT2D eigenvalue weighted by atomic mass is 16.4. The molecule has 0 bridgehead atoms. The zero-order valence-electron chi connectivity index (χ0n) is 11.9. The molecule has 0 aromatic carbocycles. The molecule has 1 aliphatic rings. The second-order valence-corrected chi connectivity index (χ2v) is 6.31. The van der Waals surface area contributed by atoms with Gasteiger partial charge >= 0.3 is 12.0 Å². The Morgan fingerprint density at radius 3 is 2.17 bits per heavy atom. The molecule has 0 aliphatic heterocycles. The van der Waals surface area contributed by atoms with Gasteiger partial charge in [-0.05, 0) is 46.5 Å². The zero-order chi connectivity index (χ0) is 14.1. The van der Waals surface area contributed by atoms with E-state index in [0.717, 1.165) is 6.54 Å². The molecule has 5 heteroatoms. The molecule has 1 aliphatic carbocycles. The number of carbonyl (C=O) groups is 2. The predicted molar refractivity (Wildman–Crippen MR) is 69.4 cm³/mol. The molecule has 2 N–H and O–H groups in total. The van der Waals surface area contributed by atoms with Crippen LogP contribution in [0.25, 0.3) is 0 Å². The molecule has 5 nitrogen and oxygen atoms in total. The smallest absolute Gasteiger partial charge is 0.317 e. The van der Waals surface area contributed by atoms with Gasteiger partial charge in [0.15, 0.2) is 0 Å². The highest BCUT2D eigenvalue weighted by molar-refractivity contribution is 5.79. The minimum Gasteiger partial charge on any atom is -0.481 e. The Kier molecular flexibility index (Phi) is 3.93. The third kappa shape index (κ3) is 3.15. The number of carboxylic acids is 1. The molecule has 0 atom stereocenters. The average Bonchev–Trinajstić information content (AvgIpc) is 3.00. The van der Waals surface area contributed by atoms with Gasteiger partial charge in [0.1, 0.15) is 0 Å². The van der Waals surface area contributed by atoms with Crippen LogP contribution in [0.2, 0.25) is 0 Å². The van der Waals surface area contributed by atoms with Gasteiger partial charge in [0.05, 0.1) is 11.0 Å². The van der Waals surface area contributed by atoms with Crippen molar-refractivity contribution in [3.63, 3.8) is 0 Å². The number of carbonyl (C=O) groups excluding carboxylic acids is 1. The van der Waals surface area contributed by atoms with Crippen molar-refractivity contribution in [2.24, 2.45) is 11.3 Å². The predicted octanol–water partition coefficient (Wildman–Crippen LogP) is 1.93. The summed E-state index contributed by atoms with van der Waals surface area (Å²) in [4.78, 5) is 24.9. The quantitative estimate of drug-likeness (QED) is 0.789. The lowest BCUT2D eigenvalue weighted by atomic mass is 9.74. The number of aliphatic carboxylic acids is 1. The van der Waals surface area contributed by atoms with Gasteiger partial charge in [0, 0.05) is 13.6 Å². The molecule has 0 unspecified atom stereocenters. The summed E-state index contributed by atoms with van der Waals surface area (Å²) in [6.45, 7) is 7.47. The average molecular weight is 256 g/mol. The van der Waals surface area contributed by atoms with E-state index in [1.54, 1.807) is 39.6 Å². The first-order chi connectivity index (χ1) is 8.08. The van der Waals surface area contributed by atoms with Gasteiger partial charge in [-0.25, -0.2) is 4.79 Å². The molecule has 1 rings (SSSR count). The second-order valence-electron chi connectivity index (χ2n) is 6.31. The highest BCUT2D eigenvalue weighted by Crippen LogP contribution is 2.32. The first-order valence-electron chi connectivity index (χ1n) is 6.34. The first kappa shape index (κ1) is 14.8. The van der Waals surface area contributed by atoms with Crippen molar-refractivity contribution in [2.45, 2.75) is 46.1 Å². The van der Waals surface area contributed by atoms with Crippen molar-refractivity contribution in [2.75, 3.05) is 13.6 Å². The van der Waals surface area contributed by atoms with Crippen molar-refractivity contribution in [1.29, 1.82) is 0 Å². The van der Waals surface area contributed by atoms with E-state index in [1.807, 2.05) is 0 Å². The van der Waals surface area contributed by atoms with Gasteiger partial charge in [0.2, 0.25) is 0 Å². The maximum atomic E-state index is 12.0. The molecule has 1 fully saturated rings. The zero-order valence-corrected chi connectivity index (χ0v) is 11.9. The minimum absolute atomic E-state index is 0.207. The van der Waals surface area contributed by atoms with Crippen molar-refractivity contribution in [3.8, 4) is 0 Å². The number of rotatable bonds is 5. The lowest BCUT2D eigenvalue weighted by molar-refractivity contribution is -0.150. The van der Waals surface area contributed by atoms with E-state index in [-0.39, 0.29) is 6.03 Å². The molecule has 0 aromatic rings. The first-order valence-corrected chi connectivity index (χ1v) is 6.34. The van der Waals surface area contributed by atoms with Gasteiger partial charge in [-0.2, -0.15) is 0 Å². The Morgan fingerprint density at radius 1 is 1.28 bits per heavy atom. The summed E-state index contributed by atoms with van der Waals surface area (Å²) in [5.41, 5.74) is -1.84. The summed E-state index contributed by atoms with van der Waals surface area (Å²) in [6, 6.07) is -0.207. The van der Waals surface area contributed by atoms with Gasteiger partial charge in [-0.3, -0.25) is 4.79 Å². The Labute approximate surface area is 109 Å². The van der Waals surface area contributed by atoms with Crippen LogP contribution in [0.1, 0.15) is 40.5 Å². The van der Waals surface area contributed by atoms with Crippen molar-refractivity contribution < 1.29 is 14.7 Å². The fraction of sp³-hybridized carbons (Fsp3) is 0.846. The molecular formula is C13H24N2O3. The lowest BCUT2D eigenvalue weighted by Gasteiger charge is -2.39. The fourth-order valence-electron chi connectivity index (χ4n) is 1.56. The third-order valence-corrected chi connectivity index (χ3v) is 4.09. The van der Waals surface area contributed by atoms with Crippen molar-refractivity contribution in [3.05, 3.63) is 0 Å². The number of urea groups is 1. The van der Waals surface area contributed by atoms with Crippen molar-refractivity contribution in [1.82, 2.24) is 10.2 Å². The summed E-state index contributed by atoms with van der Waals surface area (Å²) in [5, 5.41) is 12.0. The molecule has 0 heterocycles. The summed E-state index contributed by atoms with van der Waals surface area (Å²) < 4.78 is 0. The highest BCUT2D eigenvalue weighted by Gasteiger charge is 2.45. The normalized spacial score (nSPS) is 16.3. The number of hydrogen-bond donors (Lipinski definition) is 2. The van der Waals surface area contributed by atoms with Crippen LogP contribution in [0, 0.1) is 11.3 Å². The molecule has 0 spiro atoms. The van der Waals surface area contributed by atoms with Gasteiger partial charge < -0.3 is 15.3 Å². The molecule has 18 heavy (non-hydrogen) atoms. The fourth-order valence-corrected chi connectivity index (χ4v) is 1.56. The van der Waals surface area contributed by atoms with Crippen LogP contribution >= 0.6 is 0 Å². The van der Waals surface area contributed by atoms with Crippen LogP contribution in [0.4, 0.5) is 4.79 Å². The van der Waals surface area contributed by atoms with Crippen LogP contribution in [0.5, 0.6) is 0 Å². The maximum absolute atomic E-state index is 12.0. The third-order valence-electron chi connectivity index (χ3n) is 4.09. The standard InChI is InChI=1S/C13H24N2O3/c1-12(2,10(16)17)13(3,4)14-11(18)15(5)8-9-6-7-9/h9H,6-8H2,1-5H3,(H,14,18)(H,16,17). The van der Waals surface area contributed by atoms with E-state index >= 15 is 0 Å². The van der Waals surface area contributed by atoms with Gasteiger partial charge in [0.25, 0.3) is 0 Å². The van der Waals surface area contributed by atoms with Crippen molar-refractivity contribution >= 4 is 12.0 Å². The lowest BCUT2D eigenvalue weighted by Crippen LogP contribution is -2.59. The molecule has 1 saturated carbocycles. The molecule has 0 radical (unpaired) electrons. The Morgan fingerprint density at radius 2 is 1.78 bits per heavy atom. The Balaban J connectivity index is 2.63. The topological polar surface area (TPSA) is 69.6 Å². The van der Waals surface area contributed by atoms with E-state index in [0.29, 0.717) is 5.92 Å². The second kappa shape index (κ2) is 4.78. The van der Waals surface area contributed by atoms with Crippen LogP contribution in [0.15, 0.2) is 0 Å². The molecule has 0 saturated heterocycles. The van der Waals surface area contributed by atoms with Gasteiger partial charge in [-0.1, -0.05) is 0 Å². The number of amides is 2.